The predicted octanol–water partition coefficient (Wildman–Crippen LogP) is -0.519. The van der Waals surface area contributed by atoms with Crippen LogP contribution in [0.3, 0.4) is 0 Å². The lowest BCUT2D eigenvalue weighted by Crippen LogP contribution is -2.33. The van der Waals surface area contributed by atoms with Crippen LogP contribution in [0.2, 0.25) is 0 Å². The van der Waals surface area contributed by atoms with Crippen molar-refractivity contribution in [2.45, 2.75) is 19.9 Å². The molecule has 106 valence electrons. The Morgan fingerprint density at radius 1 is 1.50 bits per heavy atom. The topological polar surface area (TPSA) is 116 Å². The number of nitrogens with one attached hydrogen (secondary N) is 1. The molecular formula is C12H15N5O3. The van der Waals surface area contributed by atoms with E-state index in [2.05, 4.69) is 15.5 Å². The van der Waals surface area contributed by atoms with Crippen LogP contribution in [0.25, 0.3) is 0 Å². The number of nitrogen functional groups attached to an aromatic ring is 1. The summed E-state index contributed by atoms with van der Waals surface area (Å²) in [6.07, 6.45) is 1.90. The zero-order chi connectivity index (χ0) is 14.5. The van der Waals surface area contributed by atoms with Gasteiger partial charge in [-0.3, -0.25) is 9.59 Å². The van der Waals surface area contributed by atoms with Crippen molar-refractivity contribution in [1.82, 2.24) is 20.0 Å². The zero-order valence-electron chi connectivity index (χ0n) is 11.0. The number of hydrogen-bond acceptors (Lipinski definition) is 6. The van der Waals surface area contributed by atoms with Gasteiger partial charge in [0.05, 0.1) is 0 Å². The van der Waals surface area contributed by atoms with Gasteiger partial charge in [0, 0.05) is 37.8 Å². The van der Waals surface area contributed by atoms with Gasteiger partial charge in [-0.15, -0.1) is 0 Å². The van der Waals surface area contributed by atoms with Crippen molar-refractivity contribution in [1.29, 1.82) is 0 Å². The Balaban J connectivity index is 1.83. The molecule has 20 heavy (non-hydrogen) atoms. The van der Waals surface area contributed by atoms with Crippen LogP contribution < -0.4 is 16.6 Å². The first-order valence-electron chi connectivity index (χ1n) is 6.06. The minimum absolute atomic E-state index is 0.0743. The first kappa shape index (κ1) is 13.8. The number of amides is 1. The molecule has 2 rings (SSSR count). The Morgan fingerprint density at radius 3 is 3.00 bits per heavy atom. The first-order valence-corrected chi connectivity index (χ1v) is 6.06. The summed E-state index contributed by atoms with van der Waals surface area (Å²) in [5.74, 6) is 0.736. The molecule has 2 heterocycles. The van der Waals surface area contributed by atoms with E-state index < -0.39 is 0 Å². The molecule has 8 nitrogen and oxygen atoms in total. The van der Waals surface area contributed by atoms with Gasteiger partial charge in [-0.25, -0.2) is 0 Å². The maximum atomic E-state index is 11.7. The third-order valence-corrected chi connectivity index (χ3v) is 2.56. The molecule has 0 aliphatic heterocycles. The maximum Gasteiger partial charge on any atom is 0.251 e. The summed E-state index contributed by atoms with van der Waals surface area (Å²) in [7, 11) is 0. The molecule has 0 aliphatic carbocycles. The van der Waals surface area contributed by atoms with Gasteiger partial charge < -0.3 is 20.1 Å². The van der Waals surface area contributed by atoms with Crippen molar-refractivity contribution >= 4 is 11.6 Å². The molecule has 1 amide bonds. The molecule has 8 heteroatoms. The lowest BCUT2D eigenvalue weighted by molar-refractivity contribution is -0.121. The summed E-state index contributed by atoms with van der Waals surface area (Å²) in [5.41, 5.74) is 5.72. The smallest absolute Gasteiger partial charge is 0.251 e. The molecule has 2 aromatic rings. The quantitative estimate of drug-likeness (QED) is 0.759. The Labute approximate surface area is 114 Å². The molecule has 0 spiro atoms. The number of aryl methyl sites for hydroxylation is 1. The summed E-state index contributed by atoms with van der Waals surface area (Å²) in [4.78, 5) is 27.2. The average Bonchev–Trinajstić information content (AvgIpc) is 2.80. The highest BCUT2D eigenvalue weighted by Crippen LogP contribution is 1.96. The van der Waals surface area contributed by atoms with Crippen molar-refractivity contribution in [3.8, 4) is 0 Å². The van der Waals surface area contributed by atoms with Crippen LogP contribution >= 0.6 is 0 Å². The van der Waals surface area contributed by atoms with Gasteiger partial charge in [-0.2, -0.15) is 4.98 Å². The summed E-state index contributed by atoms with van der Waals surface area (Å²) < 4.78 is 6.07. The van der Waals surface area contributed by atoms with E-state index in [0.29, 0.717) is 30.4 Å². The molecule has 0 bridgehead atoms. The number of aromatic nitrogens is 3. The Hall–Kier alpha value is -2.64. The number of carbonyl (C=O) groups is 1. The van der Waals surface area contributed by atoms with Gasteiger partial charge in [-0.1, -0.05) is 5.16 Å². The average molecular weight is 277 g/mol. The van der Waals surface area contributed by atoms with Crippen LogP contribution in [0.15, 0.2) is 27.6 Å². The Morgan fingerprint density at radius 2 is 2.30 bits per heavy atom. The third kappa shape index (κ3) is 3.67. The highest BCUT2D eigenvalue weighted by Gasteiger charge is 2.06. The summed E-state index contributed by atoms with van der Waals surface area (Å²) in [6.45, 7) is 1.99. The van der Waals surface area contributed by atoms with Crippen LogP contribution in [0.1, 0.15) is 11.7 Å². The highest BCUT2D eigenvalue weighted by molar-refractivity contribution is 5.75. The number of nitrogens with two attached hydrogens (primary N) is 1. The summed E-state index contributed by atoms with van der Waals surface area (Å²) >= 11 is 0. The minimum atomic E-state index is -0.280. The van der Waals surface area contributed by atoms with E-state index in [4.69, 9.17) is 10.3 Å². The molecule has 0 saturated carbocycles. The molecule has 0 saturated heterocycles. The molecule has 3 N–H and O–H groups in total. The van der Waals surface area contributed by atoms with Gasteiger partial charge in [0.1, 0.15) is 6.54 Å². The lowest BCUT2D eigenvalue weighted by atomic mass is 10.4. The fraction of sp³-hybridized carbons (Fsp3) is 0.333. The van der Waals surface area contributed by atoms with E-state index in [1.807, 2.05) is 0 Å². The minimum Gasteiger partial charge on any atom is -0.398 e. The van der Waals surface area contributed by atoms with Crippen LogP contribution in [-0.4, -0.2) is 27.2 Å². The van der Waals surface area contributed by atoms with Crippen LogP contribution in [0.4, 0.5) is 5.69 Å². The number of hydrogen-bond donors (Lipinski definition) is 2. The van der Waals surface area contributed by atoms with Gasteiger partial charge in [0.2, 0.25) is 11.8 Å². The number of pyridine rings is 1. The Kier molecular flexibility index (Phi) is 4.14. The second-order valence-electron chi connectivity index (χ2n) is 4.26. The van der Waals surface area contributed by atoms with Crippen LogP contribution in [0, 0.1) is 6.92 Å². The van der Waals surface area contributed by atoms with Crippen LogP contribution in [-0.2, 0) is 17.8 Å². The van der Waals surface area contributed by atoms with Crippen molar-refractivity contribution in [2.24, 2.45) is 0 Å². The fourth-order valence-corrected chi connectivity index (χ4v) is 1.64. The fourth-order valence-electron chi connectivity index (χ4n) is 1.64. The van der Waals surface area contributed by atoms with Gasteiger partial charge in [0.15, 0.2) is 5.82 Å². The van der Waals surface area contributed by atoms with Gasteiger partial charge >= 0.3 is 0 Å². The zero-order valence-corrected chi connectivity index (χ0v) is 11.0. The molecule has 0 radical (unpaired) electrons. The Bertz CT molecular complexity index is 661. The van der Waals surface area contributed by atoms with E-state index in [9.17, 15) is 9.59 Å². The highest BCUT2D eigenvalue weighted by atomic mass is 16.5. The molecule has 0 aliphatic rings. The van der Waals surface area contributed by atoms with Gasteiger partial charge in [0.25, 0.3) is 5.56 Å². The number of nitrogens with zero attached hydrogens (tertiary/aromatic N) is 3. The standard InChI is InChI=1S/C12H15N5O3/c1-8-15-10(16-20-8)4-5-14-11(18)7-17-6-9(13)2-3-12(17)19/h2-3,6H,4-5,7,13H2,1H3,(H,14,18). The van der Waals surface area contributed by atoms with E-state index in [1.54, 1.807) is 6.92 Å². The van der Waals surface area contributed by atoms with E-state index in [0.717, 1.165) is 0 Å². The first-order chi connectivity index (χ1) is 9.54. The van der Waals surface area contributed by atoms with Crippen molar-refractivity contribution in [3.05, 3.63) is 40.4 Å². The maximum absolute atomic E-state index is 11.7. The van der Waals surface area contributed by atoms with E-state index in [-0.39, 0.29) is 18.0 Å². The molecule has 2 aromatic heterocycles. The van der Waals surface area contributed by atoms with E-state index in [1.165, 1.54) is 22.9 Å². The molecular weight excluding hydrogens is 262 g/mol. The SMILES string of the molecule is Cc1nc(CCNC(=O)Cn2cc(N)ccc2=O)no1. The van der Waals surface area contributed by atoms with Crippen molar-refractivity contribution < 1.29 is 9.32 Å². The lowest BCUT2D eigenvalue weighted by Gasteiger charge is -2.06. The molecule has 0 atom stereocenters. The second kappa shape index (κ2) is 6.00. The number of carbonyl (C=O) groups excluding carboxylic acids is 1. The van der Waals surface area contributed by atoms with E-state index >= 15 is 0 Å². The molecule has 0 fully saturated rings. The second-order valence-corrected chi connectivity index (χ2v) is 4.26. The predicted molar refractivity (Wildman–Crippen MR) is 70.9 cm³/mol. The molecule has 0 unspecified atom stereocenters. The van der Waals surface area contributed by atoms with Crippen molar-refractivity contribution in [2.75, 3.05) is 12.3 Å². The van der Waals surface area contributed by atoms with Crippen LogP contribution in [0.5, 0.6) is 0 Å². The molecule has 0 aromatic carbocycles. The normalized spacial score (nSPS) is 10.4. The van der Waals surface area contributed by atoms with Crippen molar-refractivity contribution in [3.63, 3.8) is 0 Å². The third-order valence-electron chi connectivity index (χ3n) is 2.56. The summed E-state index contributed by atoms with van der Waals surface area (Å²) in [6, 6.07) is 2.82. The largest absolute Gasteiger partial charge is 0.398 e. The monoisotopic (exact) mass is 277 g/mol. The summed E-state index contributed by atoms with van der Waals surface area (Å²) in [5, 5.41) is 6.39. The van der Waals surface area contributed by atoms with Gasteiger partial charge in [-0.05, 0) is 6.07 Å². The number of rotatable bonds is 5. The number of anilines is 1.